The van der Waals surface area contributed by atoms with Gasteiger partial charge in [-0.1, -0.05) is 357 Å². The Morgan fingerprint density at radius 2 is 0.469 bits per heavy atom. The van der Waals surface area contributed by atoms with Gasteiger partial charge >= 0.3 is 39.5 Å². The van der Waals surface area contributed by atoms with Crippen LogP contribution in [0, 0.1) is 17.8 Å². The quantitative estimate of drug-likeness (QED) is 0.0222. The van der Waals surface area contributed by atoms with Crippen molar-refractivity contribution in [2.24, 2.45) is 17.8 Å². The number of hydrogen-bond donors (Lipinski definition) is 3. The Labute approximate surface area is 600 Å². The largest absolute Gasteiger partial charge is 0.472 e. The summed E-state index contributed by atoms with van der Waals surface area (Å²) in [4.78, 5) is 72.8. The van der Waals surface area contributed by atoms with Gasteiger partial charge in [0.15, 0.2) is 12.2 Å². The van der Waals surface area contributed by atoms with Gasteiger partial charge in [0.25, 0.3) is 0 Å². The second-order valence-corrected chi connectivity index (χ2v) is 32.8. The fraction of sp³-hybridized carbons (Fsp3) is 0.949. The van der Waals surface area contributed by atoms with Crippen LogP contribution in [0.4, 0.5) is 0 Å². The fourth-order valence-corrected chi connectivity index (χ4v) is 13.7. The molecule has 0 aromatic rings. The maximum Gasteiger partial charge on any atom is 0.472 e. The van der Waals surface area contributed by atoms with Crippen LogP contribution in [0.25, 0.3) is 0 Å². The van der Waals surface area contributed by atoms with Crippen molar-refractivity contribution in [3.63, 3.8) is 0 Å². The average Bonchev–Trinajstić information content (AvgIpc) is 0.965. The Bertz CT molecular complexity index is 1900. The highest BCUT2D eigenvalue weighted by molar-refractivity contribution is 7.47. The standard InChI is InChI=1S/C79H154O17P2/c1-8-9-10-11-36-46-53-60-76(81)89-66-74(95-78(83)63-56-49-42-35-29-23-17-20-26-32-39-45-52-59-72(6)7)68-93-97(85,86)91-64-73(80)65-92-98(87,88)94-69-75(67-90-77(82)61-54-47-40-33-27-21-16-15-19-25-31-38-44-51-58-71(4)5)96-79(84)62-55-48-41-34-28-22-14-12-13-18-24-30-37-43-50-57-70(2)3/h70-75,80H,8-69H2,1-7H3,(H,85,86)(H,87,88)/t73-,74+,75+/m0/s1. The minimum atomic E-state index is -4.96. The predicted molar refractivity (Wildman–Crippen MR) is 400 cm³/mol. The number of phosphoric acid groups is 2. The number of carbonyl (C=O) groups excluding carboxylic acids is 4. The van der Waals surface area contributed by atoms with Crippen LogP contribution in [-0.4, -0.2) is 96.7 Å². The molecule has 0 heterocycles. The predicted octanol–water partition coefficient (Wildman–Crippen LogP) is 23.4. The number of hydrogen-bond acceptors (Lipinski definition) is 15. The van der Waals surface area contributed by atoms with Crippen molar-refractivity contribution in [1.82, 2.24) is 0 Å². The molecule has 0 aromatic heterocycles. The molecule has 0 rings (SSSR count). The second-order valence-electron chi connectivity index (χ2n) is 29.9. The summed E-state index contributed by atoms with van der Waals surface area (Å²) < 4.78 is 68.5. The number of esters is 4. The molecule has 0 aliphatic heterocycles. The van der Waals surface area contributed by atoms with Crippen molar-refractivity contribution in [3.05, 3.63) is 0 Å². The van der Waals surface area contributed by atoms with Gasteiger partial charge in [-0.2, -0.15) is 0 Å². The Kier molecular flexibility index (Phi) is 68.1. The van der Waals surface area contributed by atoms with E-state index in [0.717, 1.165) is 120 Å². The van der Waals surface area contributed by atoms with Crippen LogP contribution in [0.15, 0.2) is 0 Å². The van der Waals surface area contributed by atoms with Crippen LogP contribution in [-0.2, 0) is 65.4 Å². The fourth-order valence-electron chi connectivity index (χ4n) is 12.1. The molecule has 0 fully saturated rings. The normalized spacial score (nSPS) is 14.0. The summed E-state index contributed by atoms with van der Waals surface area (Å²) in [5.74, 6) is 0.272. The van der Waals surface area contributed by atoms with E-state index in [1.54, 1.807) is 0 Å². The number of unbranched alkanes of at least 4 members (excludes halogenated alkanes) is 45. The van der Waals surface area contributed by atoms with E-state index < -0.39 is 97.5 Å². The first kappa shape index (κ1) is 96.1. The highest BCUT2D eigenvalue weighted by Crippen LogP contribution is 2.45. The van der Waals surface area contributed by atoms with Crippen molar-refractivity contribution in [3.8, 4) is 0 Å². The van der Waals surface area contributed by atoms with Crippen LogP contribution in [0.2, 0.25) is 0 Å². The summed E-state index contributed by atoms with van der Waals surface area (Å²) in [6.45, 7) is 12.0. The molecule has 0 aliphatic carbocycles. The van der Waals surface area contributed by atoms with Crippen molar-refractivity contribution >= 4 is 39.5 Å². The second kappa shape index (κ2) is 69.4. The molecular weight excluding hydrogens is 1280 g/mol. The van der Waals surface area contributed by atoms with Crippen molar-refractivity contribution < 1.29 is 80.2 Å². The van der Waals surface area contributed by atoms with Crippen LogP contribution in [0.3, 0.4) is 0 Å². The van der Waals surface area contributed by atoms with E-state index in [9.17, 15) is 43.2 Å². The van der Waals surface area contributed by atoms with E-state index in [4.69, 9.17) is 37.0 Å². The van der Waals surface area contributed by atoms with Gasteiger partial charge in [-0.3, -0.25) is 37.3 Å². The smallest absolute Gasteiger partial charge is 0.462 e. The minimum absolute atomic E-state index is 0.107. The third-order valence-electron chi connectivity index (χ3n) is 18.4. The molecule has 19 heteroatoms. The molecule has 5 atom stereocenters. The molecular formula is C79H154O17P2. The van der Waals surface area contributed by atoms with Gasteiger partial charge in [-0.05, 0) is 43.4 Å². The number of rotatable bonds is 77. The summed E-state index contributed by atoms with van der Waals surface area (Å²) in [7, 11) is -9.91. The van der Waals surface area contributed by atoms with E-state index in [2.05, 4.69) is 48.5 Å². The lowest BCUT2D eigenvalue weighted by Crippen LogP contribution is -2.30. The first-order chi connectivity index (χ1) is 47.2. The monoisotopic (exact) mass is 1440 g/mol. The number of phosphoric ester groups is 2. The Morgan fingerprint density at radius 1 is 0.276 bits per heavy atom. The molecule has 0 radical (unpaired) electrons. The molecule has 0 saturated carbocycles. The maximum absolute atomic E-state index is 13.1. The van der Waals surface area contributed by atoms with E-state index in [1.807, 2.05) is 0 Å². The summed E-state index contributed by atoms with van der Waals surface area (Å²) in [5.41, 5.74) is 0. The van der Waals surface area contributed by atoms with Crippen LogP contribution >= 0.6 is 15.6 Å². The van der Waals surface area contributed by atoms with Crippen LogP contribution in [0.1, 0.15) is 408 Å². The summed E-state index contributed by atoms with van der Waals surface area (Å²) in [5, 5.41) is 10.6. The zero-order valence-corrected chi connectivity index (χ0v) is 66.0. The highest BCUT2D eigenvalue weighted by atomic mass is 31.2. The van der Waals surface area contributed by atoms with E-state index in [1.165, 1.54) is 205 Å². The van der Waals surface area contributed by atoms with Gasteiger partial charge in [0, 0.05) is 25.7 Å². The first-order valence-electron chi connectivity index (χ1n) is 40.8. The van der Waals surface area contributed by atoms with Crippen LogP contribution < -0.4 is 0 Å². The maximum atomic E-state index is 13.1. The topological polar surface area (TPSA) is 237 Å². The van der Waals surface area contributed by atoms with Gasteiger partial charge in [-0.15, -0.1) is 0 Å². The Hall–Kier alpha value is -1.94. The average molecular weight is 1440 g/mol. The van der Waals surface area contributed by atoms with E-state index in [0.29, 0.717) is 25.7 Å². The van der Waals surface area contributed by atoms with Gasteiger partial charge < -0.3 is 33.8 Å². The lowest BCUT2D eigenvalue weighted by atomic mass is 10.0. The summed E-state index contributed by atoms with van der Waals surface area (Å²) in [6, 6.07) is 0. The molecule has 0 aliphatic rings. The molecule has 0 aromatic carbocycles. The highest BCUT2D eigenvalue weighted by Gasteiger charge is 2.30. The number of carbonyl (C=O) groups is 4. The zero-order chi connectivity index (χ0) is 72.3. The van der Waals surface area contributed by atoms with Gasteiger partial charge in [0.2, 0.25) is 0 Å². The molecule has 0 amide bonds. The molecule has 2 unspecified atom stereocenters. The van der Waals surface area contributed by atoms with Gasteiger partial charge in [0.1, 0.15) is 19.3 Å². The lowest BCUT2D eigenvalue weighted by molar-refractivity contribution is -0.161. The zero-order valence-electron chi connectivity index (χ0n) is 64.3. The third kappa shape index (κ3) is 72.4. The Morgan fingerprint density at radius 3 is 0.694 bits per heavy atom. The molecule has 98 heavy (non-hydrogen) atoms. The van der Waals surface area contributed by atoms with Crippen molar-refractivity contribution in [1.29, 1.82) is 0 Å². The minimum Gasteiger partial charge on any atom is -0.462 e. The van der Waals surface area contributed by atoms with Crippen LogP contribution in [0.5, 0.6) is 0 Å². The first-order valence-corrected chi connectivity index (χ1v) is 43.8. The SMILES string of the molecule is CCCCCCCCCC(=O)OC[C@H](COP(=O)(O)OC[C@H](O)COP(=O)(O)OC[C@@H](COC(=O)CCCCCCCCCCCCCCCCC(C)C)OC(=O)CCCCCCCCCCCCCCCCCC(C)C)OC(=O)CCCCCCCCCCCCCCCC(C)C. The van der Waals surface area contributed by atoms with Crippen molar-refractivity contribution in [2.75, 3.05) is 39.6 Å². The Balaban J connectivity index is 5.19. The van der Waals surface area contributed by atoms with E-state index in [-0.39, 0.29) is 25.7 Å². The lowest BCUT2D eigenvalue weighted by Gasteiger charge is -2.21. The summed E-state index contributed by atoms with van der Waals surface area (Å²) in [6.07, 6.45) is 57.0. The van der Waals surface area contributed by atoms with E-state index >= 15 is 0 Å². The number of aliphatic hydroxyl groups excluding tert-OH is 1. The van der Waals surface area contributed by atoms with Crippen molar-refractivity contribution in [2.45, 2.75) is 426 Å². The summed E-state index contributed by atoms with van der Waals surface area (Å²) >= 11 is 0. The third-order valence-corrected chi connectivity index (χ3v) is 20.3. The number of aliphatic hydroxyl groups is 1. The molecule has 582 valence electrons. The number of ether oxygens (including phenoxy) is 4. The molecule has 17 nitrogen and oxygen atoms in total. The molecule has 0 saturated heterocycles. The molecule has 0 bridgehead atoms. The molecule has 0 spiro atoms. The van der Waals surface area contributed by atoms with Gasteiger partial charge in [-0.25, -0.2) is 9.13 Å². The van der Waals surface area contributed by atoms with Gasteiger partial charge in [0.05, 0.1) is 26.4 Å². The molecule has 3 N–H and O–H groups in total.